The van der Waals surface area contributed by atoms with Gasteiger partial charge in [-0.15, -0.1) is 0 Å². The summed E-state index contributed by atoms with van der Waals surface area (Å²) in [6.45, 7) is 7.60. The largest absolute Gasteiger partial charge is 0.462 e. The van der Waals surface area contributed by atoms with E-state index in [1.54, 1.807) is 12.1 Å². The van der Waals surface area contributed by atoms with Gasteiger partial charge >= 0.3 is 5.97 Å². The van der Waals surface area contributed by atoms with E-state index in [2.05, 4.69) is 20.8 Å². The number of aliphatic hydroxyl groups is 1. The lowest BCUT2D eigenvalue weighted by Crippen LogP contribution is -2.36. The molecular weight excluding hydrogens is 340 g/mol. The van der Waals surface area contributed by atoms with Gasteiger partial charge in [0.05, 0.1) is 18.3 Å². The summed E-state index contributed by atoms with van der Waals surface area (Å²) in [6.07, 6.45) is 2.77. The molecular formula is C23H30O4. The van der Waals surface area contributed by atoms with Crippen molar-refractivity contribution >= 4 is 5.97 Å². The summed E-state index contributed by atoms with van der Waals surface area (Å²) in [6, 6.07) is 9.22. The Hall–Kier alpha value is -1.39. The van der Waals surface area contributed by atoms with Crippen LogP contribution < -0.4 is 0 Å². The van der Waals surface area contributed by atoms with Crippen LogP contribution in [0.2, 0.25) is 0 Å². The standard InChI is InChI=1S/C23H30O4/c1-22(2)9-10-23(3)18(22)16-14(11-15-17(16)19(23)27-21(15)25)12-26-20(24)13-7-5-4-6-8-13/h4-8,14-19,21,25H,9-12H2,1-3H3/t14-,15-,16+,17-,18+,19-,21?,23-/m1/s1. The normalized spacial score (nSPS) is 46.3. The summed E-state index contributed by atoms with van der Waals surface area (Å²) in [5.74, 6) is 1.72. The van der Waals surface area contributed by atoms with E-state index in [1.165, 1.54) is 6.42 Å². The van der Waals surface area contributed by atoms with Gasteiger partial charge in [0.15, 0.2) is 6.29 Å². The van der Waals surface area contributed by atoms with Gasteiger partial charge < -0.3 is 14.6 Å². The molecule has 4 fully saturated rings. The van der Waals surface area contributed by atoms with Gasteiger partial charge in [-0.1, -0.05) is 39.0 Å². The second kappa shape index (κ2) is 5.81. The van der Waals surface area contributed by atoms with Crippen LogP contribution in [-0.2, 0) is 9.47 Å². The fourth-order valence-corrected chi connectivity index (χ4v) is 7.52. The number of carbonyl (C=O) groups is 1. The zero-order chi connectivity index (χ0) is 19.0. The molecule has 0 spiro atoms. The van der Waals surface area contributed by atoms with Crippen molar-refractivity contribution in [2.75, 3.05) is 6.61 Å². The molecule has 1 N–H and O–H groups in total. The molecule has 5 rings (SSSR count). The van der Waals surface area contributed by atoms with Crippen molar-refractivity contribution in [2.24, 2.45) is 40.4 Å². The predicted molar refractivity (Wildman–Crippen MR) is 101 cm³/mol. The molecule has 8 atom stereocenters. The molecule has 1 saturated heterocycles. The Morgan fingerprint density at radius 2 is 1.93 bits per heavy atom. The van der Waals surface area contributed by atoms with E-state index in [4.69, 9.17) is 9.47 Å². The van der Waals surface area contributed by atoms with Gasteiger partial charge in [-0.2, -0.15) is 0 Å². The Morgan fingerprint density at radius 3 is 2.67 bits per heavy atom. The number of benzene rings is 1. The summed E-state index contributed by atoms with van der Waals surface area (Å²) in [5, 5.41) is 10.5. The monoisotopic (exact) mass is 370 g/mol. The summed E-state index contributed by atoms with van der Waals surface area (Å²) in [5.41, 5.74) is 1.01. The lowest BCUT2D eigenvalue weighted by atomic mass is 9.67. The van der Waals surface area contributed by atoms with Crippen LogP contribution >= 0.6 is 0 Å². The zero-order valence-electron chi connectivity index (χ0n) is 16.4. The van der Waals surface area contributed by atoms with Gasteiger partial charge in [0.2, 0.25) is 0 Å². The number of rotatable bonds is 3. The first-order valence-corrected chi connectivity index (χ1v) is 10.4. The summed E-state index contributed by atoms with van der Waals surface area (Å²) >= 11 is 0. The summed E-state index contributed by atoms with van der Waals surface area (Å²) < 4.78 is 11.9. The van der Waals surface area contributed by atoms with Crippen molar-refractivity contribution < 1.29 is 19.4 Å². The first-order valence-electron chi connectivity index (χ1n) is 10.4. The minimum Gasteiger partial charge on any atom is -0.462 e. The van der Waals surface area contributed by atoms with Crippen LogP contribution in [0.4, 0.5) is 0 Å². The molecule has 3 saturated carbocycles. The van der Waals surface area contributed by atoms with Crippen LogP contribution in [0.5, 0.6) is 0 Å². The Labute approximate surface area is 161 Å². The quantitative estimate of drug-likeness (QED) is 0.820. The minimum atomic E-state index is -0.654. The lowest BCUT2D eigenvalue weighted by molar-refractivity contribution is -0.138. The third-order valence-electron chi connectivity index (χ3n) is 8.39. The number of esters is 1. The topological polar surface area (TPSA) is 55.8 Å². The molecule has 0 bridgehead atoms. The molecule has 1 heterocycles. The second-order valence-corrected chi connectivity index (χ2v) is 10.2. The van der Waals surface area contributed by atoms with Crippen molar-refractivity contribution in [3.63, 3.8) is 0 Å². The van der Waals surface area contributed by atoms with E-state index < -0.39 is 6.29 Å². The van der Waals surface area contributed by atoms with Gasteiger partial charge in [-0.25, -0.2) is 4.79 Å². The number of carbonyl (C=O) groups excluding carboxylic acids is 1. The number of ether oxygens (including phenoxy) is 2. The summed E-state index contributed by atoms with van der Waals surface area (Å²) in [4.78, 5) is 12.4. The SMILES string of the molecule is CC1(C)CC[C@@]2(C)[C@@H]3OC(O)[C@@H]4C[C@H](COC(=O)c5ccccc5)[C@@H]([C@H]34)[C@@H]12. The van der Waals surface area contributed by atoms with Crippen LogP contribution in [-0.4, -0.2) is 30.1 Å². The number of aliphatic hydroxyl groups excluding tert-OH is 1. The van der Waals surface area contributed by atoms with Crippen molar-refractivity contribution in [1.82, 2.24) is 0 Å². The molecule has 1 aliphatic heterocycles. The van der Waals surface area contributed by atoms with E-state index in [1.807, 2.05) is 18.2 Å². The molecule has 146 valence electrons. The Balaban J connectivity index is 1.40. The van der Waals surface area contributed by atoms with E-state index in [9.17, 15) is 9.90 Å². The van der Waals surface area contributed by atoms with Crippen LogP contribution in [0.3, 0.4) is 0 Å². The van der Waals surface area contributed by atoms with Crippen LogP contribution in [0.1, 0.15) is 50.4 Å². The number of hydrogen-bond donors (Lipinski definition) is 1. The van der Waals surface area contributed by atoms with Crippen molar-refractivity contribution in [2.45, 2.75) is 52.4 Å². The predicted octanol–water partition coefficient (Wildman–Crippen LogP) is 3.89. The van der Waals surface area contributed by atoms with Crippen LogP contribution in [0.15, 0.2) is 30.3 Å². The smallest absolute Gasteiger partial charge is 0.338 e. The molecule has 1 aromatic rings. The molecule has 4 nitrogen and oxygen atoms in total. The van der Waals surface area contributed by atoms with Crippen molar-refractivity contribution in [3.05, 3.63) is 35.9 Å². The third-order valence-corrected chi connectivity index (χ3v) is 8.39. The highest BCUT2D eigenvalue weighted by Crippen LogP contribution is 2.73. The zero-order valence-corrected chi connectivity index (χ0v) is 16.4. The van der Waals surface area contributed by atoms with Crippen LogP contribution in [0, 0.1) is 40.4 Å². The Bertz CT molecular complexity index is 744. The Kier molecular flexibility index (Phi) is 3.80. The van der Waals surface area contributed by atoms with Crippen molar-refractivity contribution in [3.8, 4) is 0 Å². The minimum absolute atomic E-state index is 0.136. The molecule has 1 aromatic carbocycles. The molecule has 0 radical (unpaired) electrons. The lowest BCUT2D eigenvalue weighted by Gasteiger charge is -2.39. The fraction of sp³-hybridized carbons (Fsp3) is 0.696. The average Bonchev–Trinajstić information content (AvgIpc) is 3.30. The maximum atomic E-state index is 12.4. The molecule has 0 amide bonds. The third kappa shape index (κ3) is 2.39. The molecule has 27 heavy (non-hydrogen) atoms. The highest BCUT2D eigenvalue weighted by atomic mass is 16.6. The Morgan fingerprint density at radius 1 is 1.19 bits per heavy atom. The second-order valence-electron chi connectivity index (χ2n) is 10.2. The maximum absolute atomic E-state index is 12.4. The average molecular weight is 370 g/mol. The molecule has 4 aliphatic rings. The van der Waals surface area contributed by atoms with Crippen molar-refractivity contribution in [1.29, 1.82) is 0 Å². The highest BCUT2D eigenvalue weighted by molar-refractivity contribution is 5.89. The van der Waals surface area contributed by atoms with Gasteiger partial charge in [-0.3, -0.25) is 0 Å². The first-order chi connectivity index (χ1) is 12.8. The van der Waals surface area contributed by atoms with Gasteiger partial charge in [0, 0.05) is 5.92 Å². The van der Waals surface area contributed by atoms with Gasteiger partial charge in [0.1, 0.15) is 0 Å². The van der Waals surface area contributed by atoms with E-state index in [0.29, 0.717) is 35.8 Å². The van der Waals surface area contributed by atoms with Gasteiger partial charge in [-0.05, 0) is 65.9 Å². The summed E-state index contributed by atoms with van der Waals surface area (Å²) in [7, 11) is 0. The molecule has 3 aliphatic carbocycles. The van der Waals surface area contributed by atoms with E-state index in [0.717, 1.165) is 12.8 Å². The molecule has 4 heteroatoms. The van der Waals surface area contributed by atoms with E-state index >= 15 is 0 Å². The molecule has 1 unspecified atom stereocenters. The van der Waals surface area contributed by atoms with E-state index in [-0.39, 0.29) is 28.8 Å². The van der Waals surface area contributed by atoms with Crippen LogP contribution in [0.25, 0.3) is 0 Å². The molecule has 0 aromatic heterocycles. The number of hydrogen-bond acceptors (Lipinski definition) is 4. The first kappa shape index (κ1) is 17.7. The highest BCUT2D eigenvalue weighted by Gasteiger charge is 2.73. The van der Waals surface area contributed by atoms with Gasteiger partial charge in [0.25, 0.3) is 0 Å². The maximum Gasteiger partial charge on any atom is 0.338 e. The fourth-order valence-electron chi connectivity index (χ4n) is 7.52. The number of fused-ring (bicyclic) bond motifs is 3.